The molecular weight excluding hydrogens is 345 g/mol. The van der Waals surface area contributed by atoms with Gasteiger partial charge in [-0.3, -0.25) is 0 Å². The molecule has 2 unspecified atom stereocenters. The summed E-state index contributed by atoms with van der Waals surface area (Å²) in [6.45, 7) is 2.02. The summed E-state index contributed by atoms with van der Waals surface area (Å²) < 4.78 is 19.6. The summed E-state index contributed by atoms with van der Waals surface area (Å²) in [5, 5.41) is 4.51. The van der Waals surface area contributed by atoms with Gasteiger partial charge < -0.3 is 4.74 Å². The summed E-state index contributed by atoms with van der Waals surface area (Å²) in [6, 6.07) is 8.32. The molecule has 0 bridgehead atoms. The van der Waals surface area contributed by atoms with E-state index >= 15 is 0 Å². The van der Waals surface area contributed by atoms with E-state index in [1.54, 1.807) is 25.1 Å². The Morgan fingerprint density at radius 1 is 1.36 bits per heavy atom. The predicted octanol–water partition coefficient (Wildman–Crippen LogP) is 3.97. The number of nitrogens with zero attached hydrogens (tertiary/aromatic N) is 3. The molecule has 7 heteroatoms. The van der Waals surface area contributed by atoms with Gasteiger partial charge in [0.1, 0.15) is 11.0 Å². The van der Waals surface area contributed by atoms with Gasteiger partial charge in [0, 0.05) is 5.56 Å². The number of halogens is 2. The van der Waals surface area contributed by atoms with Crippen LogP contribution >= 0.6 is 11.6 Å². The highest BCUT2D eigenvalue weighted by atomic mass is 35.5. The number of rotatable bonds is 4. The summed E-state index contributed by atoms with van der Waals surface area (Å²) in [7, 11) is 0. The van der Waals surface area contributed by atoms with Gasteiger partial charge in [0.05, 0.1) is 12.8 Å². The summed E-state index contributed by atoms with van der Waals surface area (Å²) in [5.41, 5.74) is 2.82. The topological polar surface area (TPSA) is 56.5 Å². The van der Waals surface area contributed by atoms with Crippen molar-refractivity contribution >= 4 is 23.2 Å². The minimum absolute atomic E-state index is 0.205. The Morgan fingerprint density at radius 3 is 2.84 bits per heavy atom. The van der Waals surface area contributed by atoms with Crippen LogP contribution in [0.1, 0.15) is 46.8 Å². The zero-order valence-corrected chi connectivity index (χ0v) is 14.2. The highest BCUT2D eigenvalue weighted by Crippen LogP contribution is 2.55. The Kier molecular flexibility index (Phi) is 3.92. The second-order valence-corrected chi connectivity index (χ2v) is 6.42. The molecule has 1 fully saturated rings. The maximum atomic E-state index is 13.1. The van der Waals surface area contributed by atoms with Crippen molar-refractivity contribution in [2.45, 2.75) is 25.2 Å². The summed E-state index contributed by atoms with van der Waals surface area (Å²) in [4.78, 5) is 16.3. The van der Waals surface area contributed by atoms with Crippen molar-refractivity contribution in [3.8, 4) is 0 Å². The van der Waals surface area contributed by atoms with Gasteiger partial charge in [-0.1, -0.05) is 23.7 Å². The first kappa shape index (κ1) is 16.0. The smallest absolute Gasteiger partial charge is 0.358 e. The number of ether oxygens (including phenoxy) is 1. The quantitative estimate of drug-likeness (QED) is 0.661. The molecule has 25 heavy (non-hydrogen) atoms. The molecule has 0 spiro atoms. The van der Waals surface area contributed by atoms with Crippen molar-refractivity contribution in [1.29, 1.82) is 0 Å². The van der Waals surface area contributed by atoms with Gasteiger partial charge >= 0.3 is 5.97 Å². The van der Waals surface area contributed by atoms with Crippen LogP contribution in [0.3, 0.4) is 0 Å². The van der Waals surface area contributed by atoms with Crippen molar-refractivity contribution in [2.24, 2.45) is 0 Å². The van der Waals surface area contributed by atoms with Crippen molar-refractivity contribution in [1.82, 2.24) is 14.6 Å². The molecule has 0 aliphatic heterocycles. The third-order valence-electron chi connectivity index (χ3n) is 4.40. The van der Waals surface area contributed by atoms with E-state index in [9.17, 15) is 9.18 Å². The van der Waals surface area contributed by atoms with E-state index in [4.69, 9.17) is 16.3 Å². The maximum Gasteiger partial charge on any atom is 0.358 e. The maximum absolute atomic E-state index is 13.1. The lowest BCUT2D eigenvalue weighted by molar-refractivity contribution is 0.0520. The third-order valence-corrected chi connectivity index (χ3v) is 4.58. The monoisotopic (exact) mass is 359 g/mol. The molecule has 2 atom stereocenters. The molecule has 0 N–H and O–H groups in total. The van der Waals surface area contributed by atoms with Gasteiger partial charge in [-0.25, -0.2) is 18.7 Å². The number of aromatic nitrogens is 3. The average molecular weight is 360 g/mol. The van der Waals surface area contributed by atoms with Gasteiger partial charge in [0.25, 0.3) is 0 Å². The van der Waals surface area contributed by atoms with Gasteiger partial charge in [0.2, 0.25) is 0 Å². The standard InChI is InChI=1S/C18H15ClFN3O2/c1-2-25-18(24)15-9-23-17(21-15)14(8-16(19)22-23)13-7-12(13)10-3-5-11(20)6-4-10/h3-6,8-9,12-13H,2,7H2,1H3. The molecule has 0 saturated heterocycles. The van der Waals surface area contributed by atoms with E-state index in [0.29, 0.717) is 10.8 Å². The number of benzene rings is 1. The van der Waals surface area contributed by atoms with Crippen molar-refractivity contribution in [3.05, 3.63) is 64.3 Å². The number of esters is 1. The number of carbonyl (C=O) groups excluding carboxylic acids is 1. The number of hydrogen-bond acceptors (Lipinski definition) is 4. The molecule has 128 valence electrons. The number of hydrogen-bond donors (Lipinski definition) is 0. The van der Waals surface area contributed by atoms with E-state index in [0.717, 1.165) is 17.5 Å². The van der Waals surface area contributed by atoms with Crippen LogP contribution in [0, 0.1) is 5.82 Å². The molecular formula is C18H15ClFN3O2. The van der Waals surface area contributed by atoms with E-state index in [1.165, 1.54) is 22.8 Å². The molecule has 0 radical (unpaired) electrons. The highest BCUT2D eigenvalue weighted by Gasteiger charge is 2.41. The van der Waals surface area contributed by atoms with Crippen LogP contribution in [0.2, 0.25) is 5.15 Å². The number of fused-ring (bicyclic) bond motifs is 1. The SMILES string of the molecule is CCOC(=O)c1cn2nc(Cl)cc(C3CC3c3ccc(F)cc3)c2n1. The van der Waals surface area contributed by atoms with Crippen LogP contribution in [0.15, 0.2) is 36.5 Å². The van der Waals surface area contributed by atoms with E-state index < -0.39 is 5.97 Å². The van der Waals surface area contributed by atoms with Crippen LogP contribution in [-0.4, -0.2) is 27.2 Å². The minimum Gasteiger partial charge on any atom is -0.461 e. The molecule has 2 heterocycles. The lowest BCUT2D eigenvalue weighted by Crippen LogP contribution is -2.04. The average Bonchev–Trinajstić information content (AvgIpc) is 3.26. The normalized spacial score (nSPS) is 19.2. The van der Waals surface area contributed by atoms with Crippen molar-refractivity contribution in [3.63, 3.8) is 0 Å². The Hall–Kier alpha value is -2.47. The van der Waals surface area contributed by atoms with Gasteiger partial charge in [-0.05, 0) is 48.9 Å². The highest BCUT2D eigenvalue weighted by molar-refractivity contribution is 6.29. The molecule has 2 aromatic heterocycles. The van der Waals surface area contributed by atoms with E-state index in [2.05, 4.69) is 10.1 Å². The number of carbonyl (C=O) groups is 1. The Balaban J connectivity index is 1.70. The van der Waals surface area contributed by atoms with Crippen LogP contribution in [0.4, 0.5) is 4.39 Å². The lowest BCUT2D eigenvalue weighted by atomic mass is 10.1. The minimum atomic E-state index is -0.485. The first-order valence-electron chi connectivity index (χ1n) is 8.05. The van der Waals surface area contributed by atoms with Crippen LogP contribution in [0.5, 0.6) is 0 Å². The van der Waals surface area contributed by atoms with Crippen LogP contribution in [-0.2, 0) is 4.74 Å². The molecule has 1 saturated carbocycles. The first-order chi connectivity index (χ1) is 12.1. The molecule has 3 aromatic rings. The molecule has 4 rings (SSSR count). The molecule has 5 nitrogen and oxygen atoms in total. The molecule has 1 aromatic carbocycles. The number of imidazole rings is 1. The Bertz CT molecular complexity index is 955. The molecule has 0 amide bonds. The second-order valence-electron chi connectivity index (χ2n) is 6.04. The largest absolute Gasteiger partial charge is 0.461 e. The van der Waals surface area contributed by atoms with Gasteiger partial charge in [-0.15, -0.1) is 0 Å². The zero-order valence-electron chi connectivity index (χ0n) is 13.4. The fraction of sp³-hybridized carbons (Fsp3) is 0.278. The first-order valence-corrected chi connectivity index (χ1v) is 8.43. The molecule has 1 aliphatic rings. The van der Waals surface area contributed by atoms with Crippen LogP contribution in [0.25, 0.3) is 5.65 Å². The van der Waals surface area contributed by atoms with Gasteiger partial charge in [-0.2, -0.15) is 5.10 Å². The summed E-state index contributed by atoms with van der Waals surface area (Å²) in [5.74, 6) is -0.236. The predicted molar refractivity (Wildman–Crippen MR) is 90.5 cm³/mol. The van der Waals surface area contributed by atoms with E-state index in [-0.39, 0.29) is 30.0 Å². The van der Waals surface area contributed by atoms with Crippen molar-refractivity contribution < 1.29 is 13.9 Å². The Labute approximate surface area is 148 Å². The van der Waals surface area contributed by atoms with E-state index in [1.807, 2.05) is 0 Å². The summed E-state index contributed by atoms with van der Waals surface area (Å²) in [6.07, 6.45) is 2.45. The fourth-order valence-electron chi connectivity index (χ4n) is 3.16. The third kappa shape index (κ3) is 2.98. The van der Waals surface area contributed by atoms with Crippen LogP contribution < -0.4 is 0 Å². The lowest BCUT2D eigenvalue weighted by Gasteiger charge is -2.04. The summed E-state index contributed by atoms with van der Waals surface area (Å²) >= 11 is 6.13. The second kappa shape index (κ2) is 6.11. The zero-order chi connectivity index (χ0) is 17.6. The Morgan fingerprint density at radius 2 is 2.12 bits per heavy atom. The van der Waals surface area contributed by atoms with Crippen molar-refractivity contribution in [2.75, 3.05) is 6.61 Å². The fourth-order valence-corrected chi connectivity index (χ4v) is 3.36. The molecule has 1 aliphatic carbocycles. The van der Waals surface area contributed by atoms with Gasteiger partial charge in [0.15, 0.2) is 11.3 Å².